The number of benzene rings is 1. The Kier molecular flexibility index (Phi) is 2.44. The first-order valence-electron chi connectivity index (χ1n) is 4.54. The van der Waals surface area contributed by atoms with Crippen LogP contribution in [0.15, 0.2) is 22.8 Å². The van der Waals surface area contributed by atoms with Crippen molar-refractivity contribution in [2.45, 2.75) is 0 Å². The summed E-state index contributed by atoms with van der Waals surface area (Å²) in [5, 5.41) is 9.41. The number of furan rings is 1. The summed E-state index contributed by atoms with van der Waals surface area (Å²) in [6.07, 6.45) is 1.19. The van der Waals surface area contributed by atoms with Gasteiger partial charge in [-0.15, -0.1) is 0 Å². The zero-order valence-electron chi connectivity index (χ0n) is 8.81. The molecule has 2 rings (SSSR count). The van der Waals surface area contributed by atoms with Crippen LogP contribution in [0.4, 0.5) is 0 Å². The van der Waals surface area contributed by atoms with Crippen molar-refractivity contribution >= 4 is 16.9 Å². The molecule has 1 heterocycles. The van der Waals surface area contributed by atoms with E-state index < -0.39 is 5.97 Å². The Bertz CT molecular complexity index is 541. The molecular weight excluding hydrogens is 212 g/mol. The minimum absolute atomic E-state index is 0.0782. The van der Waals surface area contributed by atoms with Gasteiger partial charge in [-0.3, -0.25) is 0 Å². The molecule has 0 saturated carbocycles. The number of rotatable bonds is 3. The van der Waals surface area contributed by atoms with Crippen molar-refractivity contribution in [2.24, 2.45) is 0 Å². The summed E-state index contributed by atoms with van der Waals surface area (Å²) in [7, 11) is 2.98. The molecule has 16 heavy (non-hydrogen) atoms. The number of fused-ring (bicyclic) bond motifs is 1. The van der Waals surface area contributed by atoms with Crippen LogP contribution in [-0.2, 0) is 0 Å². The van der Waals surface area contributed by atoms with Gasteiger partial charge < -0.3 is 19.0 Å². The van der Waals surface area contributed by atoms with Crippen LogP contribution in [0.25, 0.3) is 11.0 Å². The third-order valence-electron chi connectivity index (χ3n) is 2.30. The Labute approximate surface area is 91.2 Å². The van der Waals surface area contributed by atoms with Gasteiger partial charge in [-0.1, -0.05) is 0 Å². The summed E-state index contributed by atoms with van der Waals surface area (Å²) >= 11 is 0. The largest absolute Gasteiger partial charge is 0.496 e. The second-order valence-electron chi connectivity index (χ2n) is 3.16. The van der Waals surface area contributed by atoms with Gasteiger partial charge in [0, 0.05) is 12.1 Å². The molecule has 0 spiro atoms. The van der Waals surface area contributed by atoms with Gasteiger partial charge >= 0.3 is 5.97 Å². The maximum Gasteiger partial charge on any atom is 0.339 e. The van der Waals surface area contributed by atoms with Crippen LogP contribution in [0.2, 0.25) is 0 Å². The smallest absolute Gasteiger partial charge is 0.339 e. The van der Waals surface area contributed by atoms with E-state index in [-0.39, 0.29) is 5.56 Å². The molecule has 1 N–H and O–H groups in total. The summed E-state index contributed by atoms with van der Waals surface area (Å²) in [6, 6.07) is 3.23. The lowest BCUT2D eigenvalue weighted by molar-refractivity contribution is 0.0698. The number of ether oxygens (including phenoxy) is 2. The van der Waals surface area contributed by atoms with Gasteiger partial charge in [0.15, 0.2) is 0 Å². The fraction of sp³-hybridized carbons (Fsp3) is 0.182. The number of hydrogen-bond donors (Lipinski definition) is 1. The lowest BCUT2D eigenvalue weighted by Gasteiger charge is -2.05. The Balaban J connectivity index is 2.77. The van der Waals surface area contributed by atoms with E-state index in [1.165, 1.54) is 20.5 Å². The molecule has 1 aromatic heterocycles. The lowest BCUT2D eigenvalue weighted by atomic mass is 10.1. The van der Waals surface area contributed by atoms with E-state index in [0.717, 1.165) is 0 Å². The molecule has 2 aromatic rings. The average Bonchev–Trinajstić information content (AvgIpc) is 2.71. The topological polar surface area (TPSA) is 68.9 Å². The molecule has 0 fully saturated rings. The summed E-state index contributed by atoms with van der Waals surface area (Å²) in [5.41, 5.74) is 0.503. The normalized spacial score (nSPS) is 10.4. The van der Waals surface area contributed by atoms with Crippen molar-refractivity contribution in [2.75, 3.05) is 14.2 Å². The fourth-order valence-corrected chi connectivity index (χ4v) is 1.54. The summed E-state index contributed by atoms with van der Waals surface area (Å²) in [6.45, 7) is 0. The van der Waals surface area contributed by atoms with Gasteiger partial charge in [-0.2, -0.15) is 0 Å². The molecule has 0 atom stereocenters. The predicted octanol–water partition coefficient (Wildman–Crippen LogP) is 2.15. The van der Waals surface area contributed by atoms with Gasteiger partial charge in [0.05, 0.1) is 19.6 Å². The van der Waals surface area contributed by atoms with Crippen LogP contribution in [0.1, 0.15) is 10.4 Å². The molecule has 5 nitrogen and oxygen atoms in total. The second kappa shape index (κ2) is 3.77. The second-order valence-corrected chi connectivity index (χ2v) is 3.16. The highest BCUT2D eigenvalue weighted by Crippen LogP contribution is 2.34. The van der Waals surface area contributed by atoms with Crippen LogP contribution in [-0.4, -0.2) is 25.3 Å². The molecule has 0 aliphatic carbocycles. The number of aromatic carboxylic acids is 1. The Hall–Kier alpha value is -2.17. The highest BCUT2D eigenvalue weighted by Gasteiger charge is 2.18. The third kappa shape index (κ3) is 1.46. The Morgan fingerprint density at radius 1 is 1.31 bits per heavy atom. The molecule has 5 heteroatoms. The minimum Gasteiger partial charge on any atom is -0.496 e. The van der Waals surface area contributed by atoms with Crippen LogP contribution >= 0.6 is 0 Å². The van der Waals surface area contributed by atoms with Crippen molar-refractivity contribution < 1.29 is 23.8 Å². The first kappa shape index (κ1) is 10.4. The molecule has 0 amide bonds. The van der Waals surface area contributed by atoms with Gasteiger partial charge in [-0.25, -0.2) is 4.79 Å². The third-order valence-corrected chi connectivity index (χ3v) is 2.30. The maximum atomic E-state index is 11.0. The van der Waals surface area contributed by atoms with E-state index in [4.69, 9.17) is 19.0 Å². The number of hydrogen-bond acceptors (Lipinski definition) is 4. The van der Waals surface area contributed by atoms with Gasteiger partial charge in [0.25, 0.3) is 0 Å². The molecule has 84 valence electrons. The Morgan fingerprint density at radius 3 is 2.62 bits per heavy atom. The number of methoxy groups -OCH3 is 2. The highest BCUT2D eigenvalue weighted by atomic mass is 16.5. The SMILES string of the molecule is COc1cc(OC)c2c(C(=O)O)coc2c1. The monoisotopic (exact) mass is 222 g/mol. The van der Waals surface area contributed by atoms with Gasteiger partial charge in [-0.05, 0) is 0 Å². The van der Waals surface area contributed by atoms with Crippen molar-refractivity contribution in [3.63, 3.8) is 0 Å². The quantitative estimate of drug-likeness (QED) is 0.861. The highest BCUT2D eigenvalue weighted by molar-refractivity contribution is 6.05. The van der Waals surface area contributed by atoms with E-state index in [9.17, 15) is 4.79 Å². The first-order valence-corrected chi connectivity index (χ1v) is 4.54. The zero-order valence-corrected chi connectivity index (χ0v) is 8.81. The molecule has 0 bridgehead atoms. The van der Waals surface area contributed by atoms with Crippen molar-refractivity contribution in [3.8, 4) is 11.5 Å². The molecule has 0 saturated heterocycles. The molecular formula is C11H10O5. The lowest BCUT2D eigenvalue weighted by Crippen LogP contribution is -1.96. The van der Waals surface area contributed by atoms with E-state index in [0.29, 0.717) is 22.5 Å². The van der Waals surface area contributed by atoms with Gasteiger partial charge in [0.1, 0.15) is 28.9 Å². The van der Waals surface area contributed by atoms with Crippen LogP contribution in [0, 0.1) is 0 Å². The predicted molar refractivity (Wildman–Crippen MR) is 56.3 cm³/mol. The standard InChI is InChI=1S/C11H10O5/c1-14-6-3-8(15-2)10-7(11(12)13)5-16-9(10)4-6/h3-5H,1-2H3,(H,12,13). The van der Waals surface area contributed by atoms with Crippen molar-refractivity contribution in [1.82, 2.24) is 0 Å². The average molecular weight is 222 g/mol. The molecule has 1 aromatic carbocycles. The van der Waals surface area contributed by atoms with Crippen molar-refractivity contribution in [1.29, 1.82) is 0 Å². The van der Waals surface area contributed by atoms with E-state index >= 15 is 0 Å². The van der Waals surface area contributed by atoms with E-state index in [2.05, 4.69) is 0 Å². The summed E-state index contributed by atoms with van der Waals surface area (Å²) in [4.78, 5) is 11.0. The fourth-order valence-electron chi connectivity index (χ4n) is 1.54. The number of carboxylic acid groups (broad SMARTS) is 1. The first-order chi connectivity index (χ1) is 7.67. The summed E-state index contributed by atoms with van der Waals surface area (Å²) < 4.78 is 15.3. The van der Waals surface area contributed by atoms with Crippen LogP contribution in [0.3, 0.4) is 0 Å². The van der Waals surface area contributed by atoms with Crippen LogP contribution in [0.5, 0.6) is 11.5 Å². The van der Waals surface area contributed by atoms with Gasteiger partial charge in [0.2, 0.25) is 0 Å². The van der Waals surface area contributed by atoms with Crippen molar-refractivity contribution in [3.05, 3.63) is 24.0 Å². The molecule has 0 aliphatic rings. The minimum atomic E-state index is -1.05. The molecule has 0 unspecified atom stereocenters. The zero-order chi connectivity index (χ0) is 11.7. The number of carboxylic acids is 1. The molecule has 0 aliphatic heterocycles. The maximum absolute atomic E-state index is 11.0. The van der Waals surface area contributed by atoms with E-state index in [1.807, 2.05) is 0 Å². The number of carbonyl (C=O) groups is 1. The summed E-state index contributed by atoms with van der Waals surface area (Å²) in [5.74, 6) is -0.0849. The van der Waals surface area contributed by atoms with E-state index in [1.54, 1.807) is 12.1 Å². The van der Waals surface area contributed by atoms with Crippen LogP contribution < -0.4 is 9.47 Å². The Morgan fingerprint density at radius 2 is 2.06 bits per heavy atom. The molecule has 0 radical (unpaired) electrons.